The van der Waals surface area contributed by atoms with Gasteiger partial charge in [0.1, 0.15) is 5.75 Å². The predicted octanol–water partition coefficient (Wildman–Crippen LogP) is 4.87. The molecule has 128 valence electrons. The minimum Gasteiger partial charge on any atom is -0.508 e. The molecule has 0 spiro atoms. The number of hydrogen-bond acceptors (Lipinski definition) is 3. The average Bonchev–Trinajstić information content (AvgIpc) is 2.60. The van der Waals surface area contributed by atoms with Crippen LogP contribution in [0.1, 0.15) is 25.0 Å². The number of aromatic hydroxyl groups is 1. The van der Waals surface area contributed by atoms with Gasteiger partial charge in [0.05, 0.1) is 0 Å². The summed E-state index contributed by atoms with van der Waals surface area (Å²) in [6, 6.07) is 20.8. The molecule has 0 bridgehead atoms. The fraction of sp³-hybridized carbons (Fsp3) is 0.273. The van der Waals surface area contributed by atoms with Crippen LogP contribution in [0.25, 0.3) is 10.8 Å². The normalized spacial score (nSPS) is 21.9. The summed E-state index contributed by atoms with van der Waals surface area (Å²) >= 11 is 1.87. The molecule has 0 fully saturated rings. The Balaban J connectivity index is 1.67. The Kier molecular flexibility index (Phi) is 4.01. The fourth-order valence-corrected chi connectivity index (χ4v) is 5.30. The number of nitrogens with two attached hydrogens (primary N) is 1. The van der Waals surface area contributed by atoms with E-state index in [1.807, 2.05) is 23.9 Å². The molecule has 3 aromatic rings. The van der Waals surface area contributed by atoms with Crippen LogP contribution in [-0.4, -0.2) is 16.4 Å². The molecule has 2 nitrogen and oxygen atoms in total. The Morgan fingerprint density at radius 1 is 1.00 bits per heavy atom. The topological polar surface area (TPSA) is 46.2 Å². The van der Waals surface area contributed by atoms with Gasteiger partial charge in [-0.25, -0.2) is 0 Å². The van der Waals surface area contributed by atoms with E-state index in [0.29, 0.717) is 11.0 Å². The molecule has 4 rings (SSSR count). The first kappa shape index (κ1) is 16.5. The molecule has 0 heterocycles. The highest BCUT2D eigenvalue weighted by Crippen LogP contribution is 2.43. The Bertz CT molecular complexity index is 934. The second-order valence-corrected chi connectivity index (χ2v) is 8.77. The van der Waals surface area contributed by atoms with E-state index in [0.717, 1.165) is 6.42 Å². The third kappa shape index (κ3) is 2.92. The predicted molar refractivity (Wildman–Crippen MR) is 106 cm³/mol. The second-order valence-electron chi connectivity index (χ2n) is 7.46. The van der Waals surface area contributed by atoms with Crippen molar-refractivity contribution in [2.24, 2.45) is 5.73 Å². The molecular formula is C22H23NOS. The quantitative estimate of drug-likeness (QED) is 0.694. The molecule has 1 aliphatic carbocycles. The van der Waals surface area contributed by atoms with Crippen molar-refractivity contribution in [3.05, 3.63) is 71.8 Å². The van der Waals surface area contributed by atoms with Crippen molar-refractivity contribution in [2.45, 2.75) is 41.9 Å². The zero-order chi connectivity index (χ0) is 17.6. The van der Waals surface area contributed by atoms with Gasteiger partial charge in [-0.15, -0.1) is 11.8 Å². The van der Waals surface area contributed by atoms with Crippen molar-refractivity contribution >= 4 is 22.5 Å². The summed E-state index contributed by atoms with van der Waals surface area (Å²) < 4.78 is 0. The maximum Gasteiger partial charge on any atom is 0.115 e. The summed E-state index contributed by atoms with van der Waals surface area (Å²) in [5.74, 6) is 0.319. The van der Waals surface area contributed by atoms with Crippen LogP contribution in [-0.2, 0) is 11.8 Å². The lowest BCUT2D eigenvalue weighted by Crippen LogP contribution is -2.52. The molecule has 1 aliphatic rings. The van der Waals surface area contributed by atoms with Crippen molar-refractivity contribution in [1.82, 2.24) is 0 Å². The third-order valence-corrected chi connectivity index (χ3v) is 6.74. The van der Waals surface area contributed by atoms with E-state index in [1.165, 1.54) is 26.8 Å². The van der Waals surface area contributed by atoms with Crippen LogP contribution in [0.15, 0.2) is 65.6 Å². The first-order chi connectivity index (χ1) is 11.9. The largest absolute Gasteiger partial charge is 0.508 e. The molecule has 0 aliphatic heterocycles. The number of hydrogen-bond donors (Lipinski definition) is 2. The van der Waals surface area contributed by atoms with Crippen LogP contribution < -0.4 is 5.73 Å². The minimum absolute atomic E-state index is 0.0262. The highest BCUT2D eigenvalue weighted by Gasteiger charge is 2.40. The van der Waals surface area contributed by atoms with E-state index >= 15 is 0 Å². The van der Waals surface area contributed by atoms with E-state index in [1.54, 1.807) is 6.07 Å². The third-order valence-electron chi connectivity index (χ3n) is 5.45. The van der Waals surface area contributed by atoms with Crippen LogP contribution in [0.5, 0.6) is 5.75 Å². The Morgan fingerprint density at radius 2 is 1.76 bits per heavy atom. The van der Waals surface area contributed by atoms with Gasteiger partial charge in [-0.2, -0.15) is 0 Å². The summed E-state index contributed by atoms with van der Waals surface area (Å²) in [7, 11) is 0. The molecule has 3 heteroatoms. The lowest BCUT2D eigenvalue weighted by Gasteiger charge is -2.43. The SMILES string of the molecule is CC1(C)c2cc(O)ccc2C[C@@H](Sc2ccc3ccccc3c2)[C@@H]1N. The van der Waals surface area contributed by atoms with E-state index in [4.69, 9.17) is 5.73 Å². The average molecular weight is 349 g/mol. The minimum atomic E-state index is -0.166. The van der Waals surface area contributed by atoms with E-state index in [9.17, 15) is 5.11 Å². The molecular weight excluding hydrogens is 326 g/mol. The van der Waals surface area contributed by atoms with Gasteiger partial charge in [0.15, 0.2) is 0 Å². The Morgan fingerprint density at radius 3 is 2.56 bits per heavy atom. The molecule has 0 radical (unpaired) electrons. The van der Waals surface area contributed by atoms with E-state index < -0.39 is 0 Å². The molecule has 0 saturated carbocycles. The fourth-order valence-electron chi connectivity index (χ4n) is 3.86. The highest BCUT2D eigenvalue weighted by atomic mass is 32.2. The molecule has 2 atom stereocenters. The van der Waals surface area contributed by atoms with Gasteiger partial charge in [0.2, 0.25) is 0 Å². The Hall–Kier alpha value is -1.97. The highest BCUT2D eigenvalue weighted by molar-refractivity contribution is 8.00. The van der Waals surface area contributed by atoms with Crippen LogP contribution in [0, 0.1) is 0 Å². The van der Waals surface area contributed by atoms with Crippen LogP contribution in [0.2, 0.25) is 0 Å². The van der Waals surface area contributed by atoms with Crippen LogP contribution in [0.3, 0.4) is 0 Å². The molecule has 3 N–H and O–H groups in total. The maximum atomic E-state index is 9.86. The summed E-state index contributed by atoms with van der Waals surface area (Å²) in [5.41, 5.74) is 8.98. The Labute approximate surface area is 153 Å². The monoisotopic (exact) mass is 349 g/mol. The summed E-state index contributed by atoms with van der Waals surface area (Å²) in [4.78, 5) is 1.26. The van der Waals surface area contributed by atoms with Gasteiger partial charge in [0, 0.05) is 21.6 Å². The number of rotatable bonds is 2. The summed E-state index contributed by atoms with van der Waals surface area (Å²) in [6.45, 7) is 4.37. The number of benzene rings is 3. The van der Waals surface area contributed by atoms with Crippen molar-refractivity contribution < 1.29 is 5.11 Å². The second kappa shape index (κ2) is 6.08. The van der Waals surface area contributed by atoms with Gasteiger partial charge < -0.3 is 10.8 Å². The molecule has 0 unspecified atom stereocenters. The van der Waals surface area contributed by atoms with Crippen molar-refractivity contribution in [3.8, 4) is 5.75 Å². The molecule has 3 aromatic carbocycles. The maximum absolute atomic E-state index is 9.86. The first-order valence-corrected chi connectivity index (χ1v) is 9.56. The van der Waals surface area contributed by atoms with Crippen molar-refractivity contribution in [1.29, 1.82) is 0 Å². The number of thioether (sulfide) groups is 1. The van der Waals surface area contributed by atoms with Crippen LogP contribution in [0.4, 0.5) is 0 Å². The van der Waals surface area contributed by atoms with Gasteiger partial charge in [-0.3, -0.25) is 0 Å². The van der Waals surface area contributed by atoms with E-state index in [-0.39, 0.29) is 11.5 Å². The van der Waals surface area contributed by atoms with Gasteiger partial charge >= 0.3 is 0 Å². The molecule has 0 aromatic heterocycles. The van der Waals surface area contributed by atoms with Gasteiger partial charge in [-0.1, -0.05) is 50.2 Å². The van der Waals surface area contributed by atoms with E-state index in [2.05, 4.69) is 56.3 Å². The van der Waals surface area contributed by atoms with Gasteiger partial charge in [0.25, 0.3) is 0 Å². The van der Waals surface area contributed by atoms with Crippen molar-refractivity contribution in [3.63, 3.8) is 0 Å². The van der Waals surface area contributed by atoms with Crippen molar-refractivity contribution in [2.75, 3.05) is 0 Å². The van der Waals surface area contributed by atoms with Gasteiger partial charge in [-0.05, 0) is 52.6 Å². The molecule has 25 heavy (non-hydrogen) atoms. The lowest BCUT2D eigenvalue weighted by atomic mass is 9.69. The number of fused-ring (bicyclic) bond motifs is 2. The zero-order valence-corrected chi connectivity index (χ0v) is 15.4. The molecule has 0 saturated heterocycles. The van der Waals surface area contributed by atoms with Crippen LogP contribution >= 0.6 is 11.8 Å². The number of phenolic OH excluding ortho intramolecular Hbond substituents is 1. The first-order valence-electron chi connectivity index (χ1n) is 8.68. The summed E-state index contributed by atoms with van der Waals surface area (Å²) in [5, 5.41) is 12.7. The standard InChI is InChI=1S/C22H23NOS/c1-22(2)19-13-17(24)9-7-16(19)12-20(21(22)23)25-18-10-8-14-5-3-4-6-15(14)11-18/h3-11,13,20-21,24H,12,23H2,1-2H3/t20-,21+/m1/s1. The smallest absolute Gasteiger partial charge is 0.115 e. The zero-order valence-electron chi connectivity index (χ0n) is 14.6. The lowest BCUT2D eigenvalue weighted by molar-refractivity contribution is 0.369. The summed E-state index contributed by atoms with van der Waals surface area (Å²) in [6.07, 6.45) is 0.928. The molecule has 0 amide bonds. The number of phenols is 1.